The van der Waals surface area contributed by atoms with E-state index in [2.05, 4.69) is 45.5 Å². The Morgan fingerprint density at radius 3 is 1.84 bits per heavy atom. The molecule has 3 aliphatic carbocycles. The topological polar surface area (TPSA) is 92.8 Å². The van der Waals surface area contributed by atoms with Crippen molar-refractivity contribution in [2.45, 2.75) is 18.8 Å². The number of carbonyl (C=O) groups is 4. The van der Waals surface area contributed by atoms with Crippen LogP contribution in [0.3, 0.4) is 0 Å². The van der Waals surface area contributed by atoms with E-state index in [9.17, 15) is 19.2 Å². The summed E-state index contributed by atoms with van der Waals surface area (Å²) in [5.41, 5.74) is 6.21. The summed E-state index contributed by atoms with van der Waals surface area (Å²) in [4.78, 5) is 54.2. The van der Waals surface area contributed by atoms with Crippen LogP contribution in [0, 0.1) is 18.8 Å². The summed E-state index contributed by atoms with van der Waals surface area (Å²) in [6, 6.07) is 25.7. The van der Waals surface area contributed by atoms with Crippen molar-refractivity contribution in [3.8, 4) is 0 Å². The molecule has 9 heteroatoms. The van der Waals surface area contributed by atoms with Crippen molar-refractivity contribution in [3.63, 3.8) is 0 Å². The first-order chi connectivity index (χ1) is 20.8. The molecule has 2 bridgehead atoms. The van der Waals surface area contributed by atoms with Crippen LogP contribution in [0.1, 0.15) is 50.0 Å². The third-order valence-corrected chi connectivity index (χ3v) is 10.1. The molecule has 2 atom stereocenters. The lowest BCUT2D eigenvalue weighted by Gasteiger charge is -2.45. The quantitative estimate of drug-likeness (QED) is 0.193. The van der Waals surface area contributed by atoms with Crippen molar-refractivity contribution in [1.82, 2.24) is 0 Å². The number of rotatable bonds is 5. The second-order valence-electron chi connectivity index (χ2n) is 11.0. The molecule has 4 aliphatic rings. The molecule has 1 heterocycles. The highest BCUT2D eigenvalue weighted by molar-refractivity contribution is 9.10. The second-order valence-corrected chi connectivity index (χ2v) is 12.2. The van der Waals surface area contributed by atoms with Gasteiger partial charge >= 0.3 is 5.97 Å². The van der Waals surface area contributed by atoms with Crippen LogP contribution >= 0.6 is 27.5 Å². The molecule has 3 amide bonds. The third kappa shape index (κ3) is 4.31. The van der Waals surface area contributed by atoms with Crippen molar-refractivity contribution < 1.29 is 23.9 Å². The second kappa shape index (κ2) is 10.5. The Bertz CT molecular complexity index is 1740. The molecular weight excluding hydrogens is 632 g/mol. The lowest BCUT2D eigenvalue weighted by molar-refractivity contribution is -0.122. The minimum atomic E-state index is -0.705. The van der Waals surface area contributed by atoms with E-state index < -0.39 is 30.3 Å². The summed E-state index contributed by atoms with van der Waals surface area (Å²) in [5.74, 6) is -3.05. The largest absolute Gasteiger partial charge is 0.452 e. The fourth-order valence-electron chi connectivity index (χ4n) is 6.87. The van der Waals surface area contributed by atoms with Gasteiger partial charge in [-0.25, -0.2) is 9.69 Å². The van der Waals surface area contributed by atoms with Gasteiger partial charge in [0.05, 0.1) is 28.1 Å². The van der Waals surface area contributed by atoms with Gasteiger partial charge in [-0.05, 0) is 87.1 Å². The first-order valence-electron chi connectivity index (χ1n) is 13.8. The standard InChI is InChI=1S/C34H24BrClN2O5/c1-17-25(15-14-24(35)31(17)36)37-26(39)16-43-34(42)18-10-12-19(13-11-18)38-32(40)29-27-20-6-2-3-7-21(20)28(30(29)33(38)41)23-9-5-4-8-22(23)27/h2-15,27-30H,16H2,1H3,(H,37,39)/t27?,28?,29-,30-/m1/s1. The van der Waals surface area contributed by atoms with Gasteiger partial charge in [0.1, 0.15) is 0 Å². The zero-order valence-electron chi connectivity index (χ0n) is 22.8. The van der Waals surface area contributed by atoms with Crippen LogP contribution in [0.5, 0.6) is 0 Å². The molecule has 4 aromatic carbocycles. The Balaban J connectivity index is 1.08. The smallest absolute Gasteiger partial charge is 0.338 e. The summed E-state index contributed by atoms with van der Waals surface area (Å²) in [5, 5.41) is 3.17. The number of benzene rings is 4. The van der Waals surface area contributed by atoms with Gasteiger partial charge in [0, 0.05) is 22.0 Å². The molecule has 0 radical (unpaired) electrons. The van der Waals surface area contributed by atoms with E-state index in [-0.39, 0.29) is 29.2 Å². The minimum absolute atomic E-state index is 0.191. The third-order valence-electron chi connectivity index (χ3n) is 8.76. The van der Waals surface area contributed by atoms with Gasteiger partial charge in [-0.3, -0.25) is 14.4 Å². The van der Waals surface area contributed by atoms with Gasteiger partial charge in [0.25, 0.3) is 5.91 Å². The van der Waals surface area contributed by atoms with Crippen LogP contribution in [0.4, 0.5) is 11.4 Å². The molecule has 1 fully saturated rings. The van der Waals surface area contributed by atoms with Crippen molar-refractivity contribution in [3.05, 3.63) is 128 Å². The summed E-state index contributed by atoms with van der Waals surface area (Å²) >= 11 is 9.55. The monoisotopic (exact) mass is 654 g/mol. The summed E-state index contributed by atoms with van der Waals surface area (Å²) < 4.78 is 5.91. The lowest BCUT2D eigenvalue weighted by atomic mass is 9.55. The van der Waals surface area contributed by atoms with Gasteiger partial charge in [-0.1, -0.05) is 60.1 Å². The normalized spacial score (nSPS) is 21.2. The molecule has 0 unspecified atom stereocenters. The number of nitrogens with one attached hydrogen (secondary N) is 1. The maximum Gasteiger partial charge on any atom is 0.338 e. The number of ether oxygens (including phenoxy) is 1. The van der Waals surface area contributed by atoms with Crippen LogP contribution < -0.4 is 10.2 Å². The van der Waals surface area contributed by atoms with Crippen LogP contribution in [0.25, 0.3) is 0 Å². The van der Waals surface area contributed by atoms with Crippen molar-refractivity contribution >= 4 is 62.6 Å². The Kier molecular flexibility index (Phi) is 6.71. The first-order valence-corrected chi connectivity index (χ1v) is 15.0. The van der Waals surface area contributed by atoms with E-state index in [1.165, 1.54) is 17.0 Å². The summed E-state index contributed by atoms with van der Waals surface area (Å²) in [7, 11) is 0. The predicted octanol–water partition coefficient (Wildman–Crippen LogP) is 6.60. The van der Waals surface area contributed by atoms with E-state index >= 15 is 0 Å². The predicted molar refractivity (Wildman–Crippen MR) is 165 cm³/mol. The molecule has 0 aromatic heterocycles. The lowest BCUT2D eigenvalue weighted by Crippen LogP contribution is -2.41. The first kappa shape index (κ1) is 27.6. The van der Waals surface area contributed by atoms with Crippen molar-refractivity contribution in [2.24, 2.45) is 11.8 Å². The number of halogens is 2. The van der Waals surface area contributed by atoms with Crippen molar-refractivity contribution in [1.29, 1.82) is 0 Å². The Labute approximate surface area is 260 Å². The van der Waals surface area contributed by atoms with Gasteiger partial charge in [-0.2, -0.15) is 0 Å². The molecule has 43 heavy (non-hydrogen) atoms. The number of carbonyl (C=O) groups excluding carboxylic acids is 4. The molecule has 1 aliphatic heterocycles. The number of nitrogens with zero attached hydrogens (tertiary/aromatic N) is 1. The molecule has 7 nitrogen and oxygen atoms in total. The maximum absolute atomic E-state index is 13.9. The summed E-state index contributed by atoms with van der Waals surface area (Å²) in [6.45, 7) is 1.27. The molecule has 0 saturated carbocycles. The maximum atomic E-state index is 13.9. The Morgan fingerprint density at radius 2 is 1.33 bits per heavy atom. The highest BCUT2D eigenvalue weighted by Gasteiger charge is 2.61. The summed E-state index contributed by atoms with van der Waals surface area (Å²) in [6.07, 6.45) is 0. The molecule has 1 saturated heterocycles. The number of imide groups is 1. The minimum Gasteiger partial charge on any atom is -0.452 e. The van der Waals surface area contributed by atoms with Crippen LogP contribution in [0.15, 0.2) is 89.4 Å². The molecule has 8 rings (SSSR count). The van der Waals surface area contributed by atoms with E-state index in [1.54, 1.807) is 31.2 Å². The molecular formula is C34H24BrClN2O5. The van der Waals surface area contributed by atoms with Gasteiger partial charge < -0.3 is 10.1 Å². The van der Waals surface area contributed by atoms with E-state index in [0.29, 0.717) is 26.4 Å². The zero-order valence-corrected chi connectivity index (χ0v) is 25.2. The number of anilines is 2. The molecule has 0 spiro atoms. The fraction of sp³-hybridized carbons (Fsp3) is 0.176. The van der Waals surface area contributed by atoms with Gasteiger partial charge in [0.15, 0.2) is 6.61 Å². The van der Waals surface area contributed by atoms with Crippen LogP contribution in [-0.4, -0.2) is 30.3 Å². The van der Waals surface area contributed by atoms with Gasteiger partial charge in [-0.15, -0.1) is 0 Å². The van der Waals surface area contributed by atoms with Crippen molar-refractivity contribution in [2.75, 3.05) is 16.8 Å². The van der Waals surface area contributed by atoms with Crippen LogP contribution in [0.2, 0.25) is 5.02 Å². The zero-order chi connectivity index (χ0) is 30.0. The average molecular weight is 656 g/mol. The van der Waals surface area contributed by atoms with E-state index in [1.807, 2.05) is 24.3 Å². The fourth-order valence-corrected chi connectivity index (χ4v) is 7.46. The number of amides is 3. The number of hydrogen-bond donors (Lipinski definition) is 1. The SMILES string of the molecule is Cc1c(NC(=O)COC(=O)c2ccc(N3C(=O)[C@@H]4C5c6ccccc6C(c6ccccc65)[C@H]4C3=O)cc2)ccc(Br)c1Cl. The molecule has 214 valence electrons. The van der Waals surface area contributed by atoms with Gasteiger partial charge in [0.2, 0.25) is 11.8 Å². The average Bonchev–Trinajstić information content (AvgIpc) is 3.30. The highest BCUT2D eigenvalue weighted by atomic mass is 79.9. The Morgan fingerprint density at radius 1 is 0.814 bits per heavy atom. The number of esters is 1. The van der Waals surface area contributed by atoms with Crippen LogP contribution in [-0.2, 0) is 19.1 Å². The van der Waals surface area contributed by atoms with E-state index in [0.717, 1.165) is 22.3 Å². The van der Waals surface area contributed by atoms with E-state index in [4.69, 9.17) is 16.3 Å². The molecule has 1 N–H and O–H groups in total. The highest BCUT2D eigenvalue weighted by Crippen LogP contribution is 2.61. The number of hydrogen-bond acceptors (Lipinski definition) is 5. The molecule has 4 aromatic rings. The Hall–Kier alpha value is -4.27.